The van der Waals surface area contributed by atoms with Crippen LogP contribution in [0.15, 0.2) is 30.6 Å². The monoisotopic (exact) mass is 289 g/mol. The van der Waals surface area contributed by atoms with Gasteiger partial charge in [0.25, 0.3) is 0 Å². The fourth-order valence-corrected chi connectivity index (χ4v) is 2.21. The first-order valence-corrected chi connectivity index (χ1v) is 6.60. The predicted octanol–water partition coefficient (Wildman–Crippen LogP) is 2.33. The van der Waals surface area contributed by atoms with Crippen molar-refractivity contribution in [2.75, 3.05) is 18.5 Å². The number of ether oxygens (including phenoxy) is 2. The van der Waals surface area contributed by atoms with E-state index in [1.54, 1.807) is 24.5 Å². The highest BCUT2D eigenvalue weighted by atomic mass is 16.5. The Balaban J connectivity index is 1.90. The molecule has 7 heteroatoms. The molecular formula is C14H15N3O4. The number of benzene rings is 1. The molecule has 1 atom stereocenters. The molecule has 1 aliphatic heterocycles. The van der Waals surface area contributed by atoms with Gasteiger partial charge in [-0.25, -0.2) is 4.79 Å². The van der Waals surface area contributed by atoms with Crippen molar-refractivity contribution in [1.82, 2.24) is 10.2 Å². The third-order valence-electron chi connectivity index (χ3n) is 3.24. The standard InChI is InChI=1S/C14H15N3O4/c18-14(19)17-12-2-1-9(10-6-15-16-7-10)5-13(12)21-11-3-4-20-8-11/h1-2,5-7,11,17H,3-4,8H2,(H,15,16)(H,18,19). The van der Waals surface area contributed by atoms with Gasteiger partial charge in [0.05, 0.1) is 25.1 Å². The topological polar surface area (TPSA) is 96.5 Å². The van der Waals surface area contributed by atoms with E-state index in [0.29, 0.717) is 24.7 Å². The molecular weight excluding hydrogens is 274 g/mol. The van der Waals surface area contributed by atoms with Gasteiger partial charge < -0.3 is 14.6 Å². The molecule has 3 rings (SSSR count). The van der Waals surface area contributed by atoms with Crippen LogP contribution in [0.5, 0.6) is 5.75 Å². The second-order valence-corrected chi connectivity index (χ2v) is 4.73. The molecule has 1 unspecified atom stereocenters. The van der Waals surface area contributed by atoms with E-state index in [4.69, 9.17) is 14.6 Å². The Morgan fingerprint density at radius 3 is 3.05 bits per heavy atom. The van der Waals surface area contributed by atoms with Crippen LogP contribution < -0.4 is 10.1 Å². The Morgan fingerprint density at radius 1 is 1.48 bits per heavy atom. The van der Waals surface area contributed by atoms with Crippen molar-refractivity contribution in [3.63, 3.8) is 0 Å². The van der Waals surface area contributed by atoms with Gasteiger partial charge in [0.15, 0.2) is 0 Å². The van der Waals surface area contributed by atoms with Gasteiger partial charge in [-0.2, -0.15) is 5.10 Å². The normalized spacial score (nSPS) is 17.6. The van der Waals surface area contributed by atoms with E-state index in [0.717, 1.165) is 17.5 Å². The molecule has 21 heavy (non-hydrogen) atoms. The summed E-state index contributed by atoms with van der Waals surface area (Å²) in [6.07, 6.45) is 3.07. The highest BCUT2D eigenvalue weighted by Gasteiger charge is 2.19. The lowest BCUT2D eigenvalue weighted by atomic mass is 10.1. The fourth-order valence-electron chi connectivity index (χ4n) is 2.21. The molecule has 1 amide bonds. The molecule has 1 aromatic carbocycles. The first kappa shape index (κ1) is 13.4. The van der Waals surface area contributed by atoms with E-state index in [2.05, 4.69) is 15.5 Å². The van der Waals surface area contributed by atoms with Crippen LogP contribution in [0.1, 0.15) is 6.42 Å². The Kier molecular flexibility index (Phi) is 3.74. The summed E-state index contributed by atoms with van der Waals surface area (Å²) in [5, 5.41) is 17.9. The number of carboxylic acid groups (broad SMARTS) is 1. The lowest BCUT2D eigenvalue weighted by Crippen LogP contribution is -2.17. The molecule has 0 aliphatic carbocycles. The minimum Gasteiger partial charge on any atom is -0.486 e. The van der Waals surface area contributed by atoms with Crippen molar-refractivity contribution in [3.8, 4) is 16.9 Å². The van der Waals surface area contributed by atoms with Gasteiger partial charge in [-0.3, -0.25) is 10.4 Å². The number of carbonyl (C=O) groups is 1. The number of hydrogen-bond acceptors (Lipinski definition) is 4. The molecule has 0 radical (unpaired) electrons. The lowest BCUT2D eigenvalue weighted by Gasteiger charge is -2.16. The van der Waals surface area contributed by atoms with E-state index >= 15 is 0 Å². The van der Waals surface area contributed by atoms with Crippen molar-refractivity contribution in [1.29, 1.82) is 0 Å². The summed E-state index contributed by atoms with van der Waals surface area (Å²) in [5.41, 5.74) is 2.22. The number of H-pyrrole nitrogens is 1. The number of anilines is 1. The quantitative estimate of drug-likeness (QED) is 0.802. The molecule has 2 aromatic rings. The summed E-state index contributed by atoms with van der Waals surface area (Å²) >= 11 is 0. The third-order valence-corrected chi connectivity index (χ3v) is 3.24. The number of aromatic nitrogens is 2. The van der Waals surface area contributed by atoms with Gasteiger partial charge in [-0.1, -0.05) is 6.07 Å². The summed E-state index contributed by atoms with van der Waals surface area (Å²) in [7, 11) is 0. The van der Waals surface area contributed by atoms with Crippen molar-refractivity contribution >= 4 is 11.8 Å². The van der Waals surface area contributed by atoms with Crippen molar-refractivity contribution in [2.45, 2.75) is 12.5 Å². The van der Waals surface area contributed by atoms with Gasteiger partial charge in [-0.15, -0.1) is 0 Å². The Morgan fingerprint density at radius 2 is 2.38 bits per heavy atom. The molecule has 1 aliphatic rings. The van der Waals surface area contributed by atoms with Crippen molar-refractivity contribution in [2.24, 2.45) is 0 Å². The first-order valence-electron chi connectivity index (χ1n) is 6.60. The minimum absolute atomic E-state index is 0.0565. The molecule has 1 aromatic heterocycles. The number of rotatable bonds is 4. The van der Waals surface area contributed by atoms with Crippen LogP contribution in [0.25, 0.3) is 11.1 Å². The van der Waals surface area contributed by atoms with E-state index in [1.807, 2.05) is 6.07 Å². The highest BCUT2D eigenvalue weighted by molar-refractivity contribution is 5.86. The molecule has 0 spiro atoms. The molecule has 1 saturated heterocycles. The average molecular weight is 289 g/mol. The number of hydrogen-bond donors (Lipinski definition) is 3. The van der Waals surface area contributed by atoms with E-state index in [9.17, 15) is 4.79 Å². The van der Waals surface area contributed by atoms with Crippen LogP contribution in [0, 0.1) is 0 Å². The fraction of sp³-hybridized carbons (Fsp3) is 0.286. The van der Waals surface area contributed by atoms with Gasteiger partial charge in [0.1, 0.15) is 11.9 Å². The Hall–Kier alpha value is -2.54. The van der Waals surface area contributed by atoms with Crippen LogP contribution in [0.3, 0.4) is 0 Å². The zero-order chi connectivity index (χ0) is 14.7. The second-order valence-electron chi connectivity index (χ2n) is 4.73. The van der Waals surface area contributed by atoms with E-state index in [1.165, 1.54) is 0 Å². The van der Waals surface area contributed by atoms with Gasteiger partial charge in [-0.05, 0) is 17.7 Å². The maximum Gasteiger partial charge on any atom is 0.409 e. The van der Waals surface area contributed by atoms with Crippen LogP contribution in [-0.4, -0.2) is 40.7 Å². The number of nitrogens with zero attached hydrogens (tertiary/aromatic N) is 1. The van der Waals surface area contributed by atoms with Gasteiger partial charge >= 0.3 is 6.09 Å². The van der Waals surface area contributed by atoms with Crippen LogP contribution in [0.2, 0.25) is 0 Å². The van der Waals surface area contributed by atoms with E-state index < -0.39 is 6.09 Å². The molecule has 3 N–H and O–H groups in total. The lowest BCUT2D eigenvalue weighted by molar-refractivity contribution is 0.142. The Bertz CT molecular complexity index is 621. The van der Waals surface area contributed by atoms with E-state index in [-0.39, 0.29) is 6.10 Å². The smallest absolute Gasteiger partial charge is 0.409 e. The summed E-state index contributed by atoms with van der Waals surface area (Å²) in [6, 6.07) is 5.30. The number of amides is 1. The van der Waals surface area contributed by atoms with Crippen LogP contribution in [-0.2, 0) is 4.74 Å². The van der Waals surface area contributed by atoms with Crippen LogP contribution in [0.4, 0.5) is 10.5 Å². The van der Waals surface area contributed by atoms with Crippen molar-refractivity contribution in [3.05, 3.63) is 30.6 Å². The second kappa shape index (κ2) is 5.84. The molecule has 1 fully saturated rings. The van der Waals surface area contributed by atoms with Gasteiger partial charge in [0, 0.05) is 18.2 Å². The Labute approximate surface area is 120 Å². The summed E-state index contributed by atoms with van der Waals surface area (Å²) in [4.78, 5) is 10.9. The molecule has 0 bridgehead atoms. The van der Waals surface area contributed by atoms with Crippen LogP contribution >= 0.6 is 0 Å². The molecule has 7 nitrogen and oxygen atoms in total. The highest BCUT2D eigenvalue weighted by Crippen LogP contribution is 2.32. The first-order chi connectivity index (χ1) is 10.2. The molecule has 2 heterocycles. The van der Waals surface area contributed by atoms with Gasteiger partial charge in [0.2, 0.25) is 0 Å². The van der Waals surface area contributed by atoms with Crippen molar-refractivity contribution < 1.29 is 19.4 Å². The predicted molar refractivity (Wildman–Crippen MR) is 75.5 cm³/mol. The largest absolute Gasteiger partial charge is 0.486 e. The zero-order valence-corrected chi connectivity index (χ0v) is 11.2. The molecule has 110 valence electrons. The number of aromatic amines is 1. The summed E-state index contributed by atoms with van der Waals surface area (Å²) in [5.74, 6) is 0.492. The minimum atomic E-state index is -1.13. The summed E-state index contributed by atoms with van der Waals surface area (Å²) in [6.45, 7) is 1.18. The average Bonchev–Trinajstić information content (AvgIpc) is 3.12. The maximum absolute atomic E-state index is 10.9. The third kappa shape index (κ3) is 3.14. The SMILES string of the molecule is O=C(O)Nc1ccc(-c2cn[nH]c2)cc1OC1CCOC1. The molecule has 0 saturated carbocycles. The zero-order valence-electron chi connectivity index (χ0n) is 11.2. The number of nitrogens with one attached hydrogen (secondary N) is 2. The summed E-state index contributed by atoms with van der Waals surface area (Å²) < 4.78 is 11.1. The maximum atomic E-state index is 10.9.